The summed E-state index contributed by atoms with van der Waals surface area (Å²) in [5.74, 6) is -0.0694. The van der Waals surface area contributed by atoms with Crippen molar-refractivity contribution in [3.05, 3.63) is 34.8 Å². The number of carbonyl (C=O) groups is 1. The molecule has 1 aliphatic heterocycles. The quantitative estimate of drug-likeness (QED) is 0.612. The lowest BCUT2D eigenvalue weighted by Crippen LogP contribution is -2.46. The molecular formula is C22H29N5O2S. The van der Waals surface area contributed by atoms with Crippen molar-refractivity contribution in [3.63, 3.8) is 0 Å². The monoisotopic (exact) mass is 427 g/mol. The Hall–Kier alpha value is -2.29. The summed E-state index contributed by atoms with van der Waals surface area (Å²) in [6.07, 6.45) is 1.43. The van der Waals surface area contributed by atoms with Crippen LogP contribution in [-0.2, 0) is 11.8 Å². The van der Waals surface area contributed by atoms with Crippen LogP contribution in [0.4, 0.5) is 0 Å². The highest BCUT2D eigenvalue weighted by Crippen LogP contribution is 2.29. The number of pyridine rings is 1. The second-order valence-corrected chi connectivity index (χ2v) is 9.01. The van der Waals surface area contributed by atoms with Crippen molar-refractivity contribution in [2.75, 3.05) is 26.2 Å². The maximum absolute atomic E-state index is 13.1. The first-order valence-corrected chi connectivity index (χ1v) is 11.3. The van der Waals surface area contributed by atoms with Gasteiger partial charge >= 0.3 is 0 Å². The van der Waals surface area contributed by atoms with E-state index in [0.717, 1.165) is 53.4 Å². The van der Waals surface area contributed by atoms with E-state index in [2.05, 4.69) is 29.2 Å². The van der Waals surface area contributed by atoms with Crippen molar-refractivity contribution in [3.8, 4) is 10.6 Å². The summed E-state index contributed by atoms with van der Waals surface area (Å²) in [6.45, 7) is 9.63. The molecule has 0 spiro atoms. The third-order valence-corrected chi connectivity index (χ3v) is 6.31. The second-order valence-electron chi connectivity index (χ2n) is 8.07. The molecular weight excluding hydrogens is 398 g/mol. The fourth-order valence-electron chi connectivity index (χ4n) is 4.24. The van der Waals surface area contributed by atoms with Crippen molar-refractivity contribution in [1.82, 2.24) is 25.0 Å². The number of thiophene rings is 1. The maximum atomic E-state index is 13.1. The molecule has 0 radical (unpaired) electrons. The first kappa shape index (κ1) is 21.0. The number of amides is 1. The second kappa shape index (κ2) is 8.83. The molecule has 8 heteroatoms. The van der Waals surface area contributed by atoms with Crippen molar-refractivity contribution >= 4 is 28.3 Å². The summed E-state index contributed by atoms with van der Waals surface area (Å²) in [5, 5.41) is 10.4. The SMILES string of the molecule is Cc1nn(C)c2nc(-c3cccs3)cc(C(=O)NCCCN3CC(C)OC(C)C3)c12. The van der Waals surface area contributed by atoms with Gasteiger partial charge in [-0.3, -0.25) is 14.4 Å². The topological polar surface area (TPSA) is 72.3 Å². The number of aryl methyl sites for hydroxylation is 2. The Morgan fingerprint density at radius 2 is 2.10 bits per heavy atom. The van der Waals surface area contributed by atoms with Crippen LogP contribution in [-0.4, -0.2) is 64.0 Å². The molecule has 4 heterocycles. The predicted octanol–water partition coefficient (Wildman–Crippen LogP) is 3.23. The van der Waals surface area contributed by atoms with Crippen LogP contribution in [0.2, 0.25) is 0 Å². The van der Waals surface area contributed by atoms with E-state index in [1.807, 2.05) is 37.6 Å². The number of nitrogens with one attached hydrogen (secondary N) is 1. The van der Waals surface area contributed by atoms with E-state index in [-0.39, 0.29) is 18.1 Å². The molecule has 4 rings (SSSR count). The van der Waals surface area contributed by atoms with Gasteiger partial charge in [-0.05, 0) is 44.7 Å². The molecule has 160 valence electrons. The summed E-state index contributed by atoms with van der Waals surface area (Å²) in [7, 11) is 1.87. The summed E-state index contributed by atoms with van der Waals surface area (Å²) < 4.78 is 7.54. The van der Waals surface area contributed by atoms with Gasteiger partial charge in [0.25, 0.3) is 5.91 Å². The van der Waals surface area contributed by atoms with E-state index < -0.39 is 0 Å². The Morgan fingerprint density at radius 3 is 2.80 bits per heavy atom. The van der Waals surface area contributed by atoms with Crippen LogP contribution in [0.15, 0.2) is 23.6 Å². The van der Waals surface area contributed by atoms with Gasteiger partial charge in [0, 0.05) is 33.2 Å². The van der Waals surface area contributed by atoms with Crippen molar-refractivity contribution < 1.29 is 9.53 Å². The van der Waals surface area contributed by atoms with E-state index in [4.69, 9.17) is 9.72 Å². The van der Waals surface area contributed by atoms with E-state index >= 15 is 0 Å². The first-order valence-electron chi connectivity index (χ1n) is 10.5. The number of nitrogens with zero attached hydrogens (tertiary/aromatic N) is 4. The van der Waals surface area contributed by atoms with E-state index in [1.165, 1.54) is 0 Å². The Kier molecular flexibility index (Phi) is 6.17. The zero-order valence-electron chi connectivity index (χ0n) is 18.0. The normalized spacial score (nSPS) is 20.0. The van der Waals surface area contributed by atoms with Gasteiger partial charge in [0.2, 0.25) is 0 Å². The minimum Gasteiger partial charge on any atom is -0.373 e. The fourth-order valence-corrected chi connectivity index (χ4v) is 4.93. The lowest BCUT2D eigenvalue weighted by atomic mass is 10.1. The lowest BCUT2D eigenvalue weighted by molar-refractivity contribution is -0.0679. The molecule has 3 aromatic rings. The zero-order chi connectivity index (χ0) is 21.3. The molecule has 1 N–H and O–H groups in total. The molecule has 0 aromatic carbocycles. The summed E-state index contributed by atoms with van der Waals surface area (Å²) in [6, 6.07) is 5.91. The van der Waals surface area contributed by atoms with Crippen molar-refractivity contribution in [2.24, 2.45) is 7.05 Å². The highest BCUT2D eigenvalue weighted by atomic mass is 32.1. The minimum absolute atomic E-state index is 0.0694. The number of ether oxygens (including phenoxy) is 1. The summed E-state index contributed by atoms with van der Waals surface area (Å²) in [5.41, 5.74) is 3.00. The van der Waals surface area contributed by atoms with Gasteiger partial charge in [0.15, 0.2) is 5.65 Å². The Bertz CT molecular complexity index is 1020. The molecule has 1 saturated heterocycles. The van der Waals surface area contributed by atoms with Gasteiger partial charge in [-0.15, -0.1) is 11.3 Å². The van der Waals surface area contributed by atoms with Crippen molar-refractivity contribution in [1.29, 1.82) is 0 Å². The maximum Gasteiger partial charge on any atom is 0.252 e. The van der Waals surface area contributed by atoms with Crippen LogP contribution in [0.25, 0.3) is 21.6 Å². The predicted molar refractivity (Wildman–Crippen MR) is 120 cm³/mol. The smallest absolute Gasteiger partial charge is 0.252 e. The minimum atomic E-state index is -0.0694. The van der Waals surface area contributed by atoms with Gasteiger partial charge in [-0.25, -0.2) is 4.98 Å². The molecule has 30 heavy (non-hydrogen) atoms. The Balaban J connectivity index is 1.47. The lowest BCUT2D eigenvalue weighted by Gasteiger charge is -2.35. The largest absolute Gasteiger partial charge is 0.373 e. The van der Waals surface area contributed by atoms with Crippen LogP contribution in [0, 0.1) is 6.92 Å². The molecule has 7 nitrogen and oxygen atoms in total. The highest BCUT2D eigenvalue weighted by molar-refractivity contribution is 7.13. The molecule has 0 saturated carbocycles. The number of fused-ring (bicyclic) bond motifs is 1. The molecule has 1 amide bonds. The third-order valence-electron chi connectivity index (χ3n) is 5.42. The zero-order valence-corrected chi connectivity index (χ0v) is 18.8. The number of rotatable bonds is 6. The van der Waals surface area contributed by atoms with Gasteiger partial charge in [-0.2, -0.15) is 5.10 Å². The number of carbonyl (C=O) groups excluding carboxylic acids is 1. The molecule has 1 aliphatic rings. The van der Waals surface area contributed by atoms with Crippen molar-refractivity contribution in [2.45, 2.75) is 39.4 Å². The summed E-state index contributed by atoms with van der Waals surface area (Å²) in [4.78, 5) is 21.3. The highest BCUT2D eigenvalue weighted by Gasteiger charge is 2.22. The number of morpholine rings is 1. The van der Waals surface area contributed by atoms with Gasteiger partial charge in [-0.1, -0.05) is 6.07 Å². The van der Waals surface area contributed by atoms with Crippen LogP contribution in [0.1, 0.15) is 36.3 Å². The van der Waals surface area contributed by atoms with Crippen LogP contribution in [0.3, 0.4) is 0 Å². The van der Waals surface area contributed by atoms with Gasteiger partial charge < -0.3 is 10.1 Å². The molecule has 2 unspecified atom stereocenters. The van der Waals surface area contributed by atoms with Crippen LogP contribution in [0.5, 0.6) is 0 Å². The number of hydrogen-bond donors (Lipinski definition) is 1. The van der Waals surface area contributed by atoms with Crippen LogP contribution >= 0.6 is 11.3 Å². The van der Waals surface area contributed by atoms with Crippen LogP contribution < -0.4 is 5.32 Å². The Labute approximate surface area is 181 Å². The fraction of sp³-hybridized carbons (Fsp3) is 0.500. The standard InChI is InChI=1S/C22H29N5O2S/c1-14-12-27(13-15(2)29-14)9-6-8-23-22(28)17-11-18(19-7-5-10-30-19)24-21-20(17)16(3)25-26(21)4/h5,7,10-11,14-15H,6,8-9,12-13H2,1-4H3,(H,23,28). The molecule has 3 aromatic heterocycles. The molecule has 0 bridgehead atoms. The third kappa shape index (κ3) is 4.40. The molecule has 1 fully saturated rings. The van der Waals surface area contributed by atoms with Gasteiger partial charge in [0.1, 0.15) is 0 Å². The van der Waals surface area contributed by atoms with E-state index in [9.17, 15) is 4.79 Å². The van der Waals surface area contributed by atoms with E-state index in [0.29, 0.717) is 12.1 Å². The first-order chi connectivity index (χ1) is 14.4. The number of hydrogen-bond acceptors (Lipinski definition) is 6. The molecule has 2 atom stereocenters. The Morgan fingerprint density at radius 1 is 1.33 bits per heavy atom. The van der Waals surface area contributed by atoms with Gasteiger partial charge in [0.05, 0.1) is 39.4 Å². The average molecular weight is 428 g/mol. The number of aromatic nitrogens is 3. The average Bonchev–Trinajstić information content (AvgIpc) is 3.32. The van der Waals surface area contributed by atoms with E-state index in [1.54, 1.807) is 16.0 Å². The summed E-state index contributed by atoms with van der Waals surface area (Å²) >= 11 is 1.62. The molecule has 0 aliphatic carbocycles.